The molecule has 6 nitrogen and oxygen atoms in total. The molecule has 4 rings (SSSR count). The van der Waals surface area contributed by atoms with E-state index < -0.39 is 0 Å². The van der Waals surface area contributed by atoms with Crippen molar-refractivity contribution in [3.8, 4) is 5.75 Å². The number of fused-ring (bicyclic) bond motifs is 1. The Morgan fingerprint density at radius 3 is 3.04 bits per heavy atom. The summed E-state index contributed by atoms with van der Waals surface area (Å²) in [4.78, 5) is 22.9. The number of nitrogens with zero attached hydrogens (tertiary/aromatic N) is 3. The Bertz CT molecular complexity index is 911. The molecule has 1 saturated heterocycles. The van der Waals surface area contributed by atoms with E-state index >= 15 is 0 Å². The Morgan fingerprint density at radius 2 is 2.20 bits per heavy atom. The van der Waals surface area contributed by atoms with Gasteiger partial charge in [0.2, 0.25) is 5.91 Å². The molecular formula is C18H18N4O2S. The number of aromatic nitrogens is 2. The summed E-state index contributed by atoms with van der Waals surface area (Å²) in [7, 11) is 0. The fourth-order valence-corrected chi connectivity index (χ4v) is 3.71. The van der Waals surface area contributed by atoms with Crippen LogP contribution in [0, 0.1) is 0 Å². The minimum absolute atomic E-state index is 0.0124. The number of benzene rings is 1. The number of carbonyl (C=O) groups excluding carboxylic acids is 1. The van der Waals surface area contributed by atoms with Gasteiger partial charge in [-0.2, -0.15) is 0 Å². The summed E-state index contributed by atoms with van der Waals surface area (Å²) in [5.41, 5.74) is 0.856. The van der Waals surface area contributed by atoms with Crippen molar-refractivity contribution in [2.24, 2.45) is 0 Å². The third kappa shape index (κ3) is 3.28. The monoisotopic (exact) mass is 354 g/mol. The van der Waals surface area contributed by atoms with Gasteiger partial charge in [0.25, 0.3) is 0 Å². The van der Waals surface area contributed by atoms with Crippen molar-refractivity contribution in [1.82, 2.24) is 14.9 Å². The second-order valence-corrected chi connectivity index (χ2v) is 6.87. The lowest BCUT2D eigenvalue weighted by molar-refractivity contribution is -0.128. The lowest BCUT2D eigenvalue weighted by atomic mass is 10.2. The van der Waals surface area contributed by atoms with Crippen molar-refractivity contribution >= 4 is 39.0 Å². The summed E-state index contributed by atoms with van der Waals surface area (Å²) < 4.78 is 6.16. The first-order chi connectivity index (χ1) is 12.2. The average molecular weight is 354 g/mol. The predicted octanol–water partition coefficient (Wildman–Crippen LogP) is 3.43. The maximum atomic E-state index is 11.5. The molecule has 2 aromatic heterocycles. The lowest BCUT2D eigenvalue weighted by Crippen LogP contribution is -2.28. The predicted molar refractivity (Wildman–Crippen MR) is 98.4 cm³/mol. The highest BCUT2D eigenvalue weighted by Gasteiger charge is 2.26. The van der Waals surface area contributed by atoms with E-state index in [-0.39, 0.29) is 12.0 Å². The summed E-state index contributed by atoms with van der Waals surface area (Å²) in [5, 5.41) is 6.35. The van der Waals surface area contributed by atoms with E-state index in [1.165, 1.54) is 0 Å². The van der Waals surface area contributed by atoms with E-state index in [1.807, 2.05) is 40.6 Å². The van der Waals surface area contributed by atoms with E-state index in [2.05, 4.69) is 15.3 Å². The van der Waals surface area contributed by atoms with Gasteiger partial charge >= 0.3 is 0 Å². The van der Waals surface area contributed by atoms with Gasteiger partial charge in [0.05, 0.1) is 17.6 Å². The number of para-hydroxylation sites is 2. The molecule has 0 radical (unpaired) electrons. The molecule has 1 N–H and O–H groups in total. The van der Waals surface area contributed by atoms with E-state index in [0.29, 0.717) is 6.54 Å². The van der Waals surface area contributed by atoms with Crippen molar-refractivity contribution in [3.05, 3.63) is 42.0 Å². The zero-order valence-corrected chi connectivity index (χ0v) is 14.6. The molecule has 0 aliphatic carbocycles. The first-order valence-electron chi connectivity index (χ1n) is 8.17. The second-order valence-electron chi connectivity index (χ2n) is 5.98. The summed E-state index contributed by atoms with van der Waals surface area (Å²) in [6.45, 7) is 2.97. The van der Waals surface area contributed by atoms with Crippen molar-refractivity contribution in [2.45, 2.75) is 19.4 Å². The maximum Gasteiger partial charge on any atom is 0.219 e. The number of likely N-dealkylation sites (tertiary alicyclic amines) is 1. The standard InChI is InChI=1S/C18H18N4O2S/c1-12(23)22-8-6-13(10-22)24-16-5-3-2-4-15(16)21-17-14-7-9-25-18(14)20-11-19-17/h2-5,7,9,11,13H,6,8,10H2,1H3,(H,19,20,21). The molecule has 0 spiro atoms. The van der Waals surface area contributed by atoms with Crippen LogP contribution in [0.4, 0.5) is 11.5 Å². The minimum atomic E-state index is 0.0124. The van der Waals surface area contributed by atoms with Crippen molar-refractivity contribution in [3.63, 3.8) is 0 Å². The number of hydrogen-bond acceptors (Lipinski definition) is 6. The van der Waals surface area contributed by atoms with Crippen LogP contribution in [-0.4, -0.2) is 40.0 Å². The minimum Gasteiger partial charge on any atom is -0.486 e. The second kappa shape index (κ2) is 6.68. The van der Waals surface area contributed by atoms with Crippen LogP contribution in [0.25, 0.3) is 10.2 Å². The molecule has 1 amide bonds. The van der Waals surface area contributed by atoms with Gasteiger partial charge in [-0.25, -0.2) is 9.97 Å². The smallest absolute Gasteiger partial charge is 0.219 e. The van der Waals surface area contributed by atoms with Gasteiger partial charge in [0.15, 0.2) is 0 Å². The van der Waals surface area contributed by atoms with Gasteiger partial charge < -0.3 is 15.0 Å². The Balaban J connectivity index is 1.55. The molecule has 0 bridgehead atoms. The summed E-state index contributed by atoms with van der Waals surface area (Å²) in [6.07, 6.45) is 2.42. The SMILES string of the molecule is CC(=O)N1CCC(Oc2ccccc2Nc2ncnc3sccc23)C1. The topological polar surface area (TPSA) is 67.3 Å². The number of nitrogens with one attached hydrogen (secondary N) is 1. The molecule has 7 heteroatoms. The molecule has 1 aliphatic rings. The number of hydrogen-bond donors (Lipinski definition) is 1. The molecular weight excluding hydrogens is 336 g/mol. The summed E-state index contributed by atoms with van der Waals surface area (Å²) >= 11 is 1.59. The summed E-state index contributed by atoms with van der Waals surface area (Å²) in [5.74, 6) is 1.62. The zero-order valence-electron chi connectivity index (χ0n) is 13.8. The maximum absolute atomic E-state index is 11.5. The van der Waals surface area contributed by atoms with E-state index in [1.54, 1.807) is 24.6 Å². The van der Waals surface area contributed by atoms with Crippen LogP contribution < -0.4 is 10.1 Å². The average Bonchev–Trinajstić information content (AvgIpc) is 3.26. The fourth-order valence-electron chi connectivity index (χ4n) is 2.98. The molecule has 1 aliphatic heterocycles. The molecule has 1 fully saturated rings. The van der Waals surface area contributed by atoms with Crippen LogP contribution in [0.5, 0.6) is 5.75 Å². The van der Waals surface area contributed by atoms with E-state index in [4.69, 9.17) is 4.74 Å². The van der Waals surface area contributed by atoms with Crippen molar-refractivity contribution < 1.29 is 9.53 Å². The zero-order chi connectivity index (χ0) is 17.2. The van der Waals surface area contributed by atoms with Gasteiger partial charge in [-0.1, -0.05) is 12.1 Å². The number of amides is 1. The number of ether oxygens (including phenoxy) is 1. The number of thiophene rings is 1. The van der Waals surface area contributed by atoms with Gasteiger partial charge in [0, 0.05) is 19.9 Å². The van der Waals surface area contributed by atoms with Crippen LogP contribution in [0.2, 0.25) is 0 Å². The highest BCUT2D eigenvalue weighted by molar-refractivity contribution is 7.16. The van der Waals surface area contributed by atoms with E-state index in [9.17, 15) is 4.79 Å². The molecule has 0 saturated carbocycles. The largest absolute Gasteiger partial charge is 0.486 e. The van der Waals surface area contributed by atoms with E-state index in [0.717, 1.165) is 40.4 Å². The molecule has 3 aromatic rings. The molecule has 3 heterocycles. The van der Waals surface area contributed by atoms with Crippen molar-refractivity contribution in [2.75, 3.05) is 18.4 Å². The fraction of sp³-hybridized carbons (Fsp3) is 0.278. The van der Waals surface area contributed by atoms with Gasteiger partial charge in [-0.05, 0) is 23.6 Å². The first kappa shape index (κ1) is 15.8. The third-order valence-electron chi connectivity index (χ3n) is 4.29. The first-order valence-corrected chi connectivity index (χ1v) is 9.05. The summed E-state index contributed by atoms with van der Waals surface area (Å²) in [6, 6.07) is 9.81. The third-order valence-corrected chi connectivity index (χ3v) is 5.11. The quantitative estimate of drug-likeness (QED) is 0.777. The van der Waals surface area contributed by atoms with Crippen LogP contribution in [0.15, 0.2) is 42.0 Å². The Labute approximate surface area is 149 Å². The number of rotatable bonds is 4. The number of anilines is 2. The Kier molecular flexibility index (Phi) is 4.23. The Hall–Kier alpha value is -2.67. The van der Waals surface area contributed by atoms with Crippen LogP contribution >= 0.6 is 11.3 Å². The normalized spacial score (nSPS) is 17.0. The van der Waals surface area contributed by atoms with Gasteiger partial charge in [0.1, 0.15) is 28.8 Å². The van der Waals surface area contributed by atoms with Crippen LogP contribution in [-0.2, 0) is 4.79 Å². The molecule has 1 unspecified atom stereocenters. The van der Waals surface area contributed by atoms with Gasteiger partial charge in [-0.15, -0.1) is 11.3 Å². The Morgan fingerprint density at radius 1 is 1.32 bits per heavy atom. The highest BCUT2D eigenvalue weighted by atomic mass is 32.1. The number of carbonyl (C=O) groups is 1. The van der Waals surface area contributed by atoms with Crippen molar-refractivity contribution in [1.29, 1.82) is 0 Å². The molecule has 1 atom stereocenters. The highest BCUT2D eigenvalue weighted by Crippen LogP contribution is 2.32. The molecule has 25 heavy (non-hydrogen) atoms. The molecule has 128 valence electrons. The lowest BCUT2D eigenvalue weighted by Gasteiger charge is -2.18. The molecule has 1 aromatic carbocycles. The van der Waals surface area contributed by atoms with Crippen LogP contribution in [0.3, 0.4) is 0 Å². The van der Waals surface area contributed by atoms with Gasteiger partial charge in [-0.3, -0.25) is 4.79 Å². The van der Waals surface area contributed by atoms with Crippen LogP contribution in [0.1, 0.15) is 13.3 Å².